The highest BCUT2D eigenvalue weighted by Gasteiger charge is 2.55. The van der Waals surface area contributed by atoms with Gasteiger partial charge in [0.2, 0.25) is 0 Å². The number of anilines is 1. The van der Waals surface area contributed by atoms with Crippen molar-refractivity contribution in [3.63, 3.8) is 0 Å². The van der Waals surface area contributed by atoms with Crippen LogP contribution in [0.3, 0.4) is 0 Å². The van der Waals surface area contributed by atoms with Gasteiger partial charge in [-0.2, -0.15) is 13.2 Å². The van der Waals surface area contributed by atoms with Gasteiger partial charge in [-0.25, -0.2) is 0 Å². The zero-order valence-corrected chi connectivity index (χ0v) is 22.5. The topological polar surface area (TPSA) is 71.2 Å². The van der Waals surface area contributed by atoms with E-state index in [2.05, 4.69) is 26.2 Å². The second-order valence-corrected chi connectivity index (χ2v) is 12.9. The number of fused-ring (bicyclic) bond motifs is 6. The lowest BCUT2D eigenvalue weighted by Crippen LogP contribution is -2.34. The summed E-state index contributed by atoms with van der Waals surface area (Å²) < 4.78 is 45.9. The van der Waals surface area contributed by atoms with E-state index in [9.17, 15) is 22.8 Å². The Balaban J connectivity index is 1.27. The molecule has 37 heavy (non-hydrogen) atoms. The molecular weight excluding hydrogens is 589 g/mol. The molecule has 2 fully saturated rings. The highest BCUT2D eigenvalue weighted by Crippen LogP contribution is 2.64. The fourth-order valence-corrected chi connectivity index (χ4v) is 9.47. The number of thioether (sulfide) groups is 1. The van der Waals surface area contributed by atoms with Crippen LogP contribution in [-0.4, -0.2) is 22.7 Å². The Morgan fingerprint density at radius 2 is 1.97 bits per heavy atom. The van der Waals surface area contributed by atoms with Gasteiger partial charge in [0.1, 0.15) is 5.75 Å². The molecule has 2 aromatic carbocycles. The Hall–Kier alpha value is -2.24. The summed E-state index contributed by atoms with van der Waals surface area (Å²) in [5, 5.41) is 3.85. The van der Waals surface area contributed by atoms with Crippen molar-refractivity contribution >= 4 is 50.6 Å². The average Bonchev–Trinajstić information content (AvgIpc) is 3.55. The number of hydrogen-bond donors (Lipinski definition) is 2. The lowest BCUT2D eigenvalue weighted by atomic mass is 9.74. The van der Waals surface area contributed by atoms with Gasteiger partial charge in [-0.3, -0.25) is 9.59 Å². The highest BCUT2D eigenvalue weighted by atomic mass is 79.9. The predicted octanol–water partition coefficient (Wildman–Crippen LogP) is 6.89. The van der Waals surface area contributed by atoms with Crippen molar-refractivity contribution in [2.75, 3.05) is 11.9 Å². The number of carbonyl (C=O) groups excluding carboxylic acids is 1. The average molecular weight is 612 g/mol. The van der Waals surface area contributed by atoms with Crippen molar-refractivity contribution in [1.82, 2.24) is 4.98 Å². The van der Waals surface area contributed by atoms with E-state index in [4.69, 9.17) is 4.74 Å². The Morgan fingerprint density at radius 3 is 2.78 bits per heavy atom. The zero-order valence-electron chi connectivity index (χ0n) is 19.3. The van der Waals surface area contributed by atoms with Crippen LogP contribution in [0.15, 0.2) is 56.8 Å². The van der Waals surface area contributed by atoms with Crippen LogP contribution in [0.1, 0.15) is 41.2 Å². The van der Waals surface area contributed by atoms with E-state index < -0.39 is 17.6 Å². The molecule has 3 aliphatic rings. The van der Waals surface area contributed by atoms with Crippen LogP contribution in [0, 0.1) is 17.8 Å². The van der Waals surface area contributed by atoms with Crippen LogP contribution >= 0.6 is 39.0 Å². The maximum Gasteiger partial charge on any atom is 0.416 e. The lowest BCUT2D eigenvalue weighted by molar-refractivity contribution is -0.137. The summed E-state index contributed by atoms with van der Waals surface area (Å²) in [5.41, 5.74) is 0.134. The van der Waals surface area contributed by atoms with Crippen molar-refractivity contribution in [2.24, 2.45) is 17.8 Å². The number of halogens is 4. The molecule has 2 heterocycles. The highest BCUT2D eigenvalue weighted by molar-refractivity contribution is 9.10. The molecule has 1 aliphatic heterocycles. The molecule has 194 valence electrons. The van der Waals surface area contributed by atoms with Gasteiger partial charge in [0.05, 0.1) is 10.6 Å². The number of amides is 1. The molecule has 1 aromatic heterocycles. The van der Waals surface area contributed by atoms with Gasteiger partial charge in [-0.15, -0.1) is 11.8 Å². The Morgan fingerprint density at radius 1 is 1.16 bits per heavy atom. The maximum atomic E-state index is 13.0. The first-order valence-electron chi connectivity index (χ1n) is 12.0. The van der Waals surface area contributed by atoms with Crippen molar-refractivity contribution in [3.05, 3.63) is 72.6 Å². The summed E-state index contributed by atoms with van der Waals surface area (Å²) >= 11 is 6.61. The quantitative estimate of drug-likeness (QED) is 0.330. The van der Waals surface area contributed by atoms with Crippen LogP contribution in [0.25, 0.3) is 0 Å². The van der Waals surface area contributed by atoms with Crippen LogP contribution < -0.4 is 14.9 Å². The summed E-state index contributed by atoms with van der Waals surface area (Å²) in [6, 6.07) is 10.1. The minimum Gasteiger partial charge on any atom is -0.483 e. The summed E-state index contributed by atoms with van der Waals surface area (Å²) in [5.74, 6) is 1.53. The van der Waals surface area contributed by atoms with Gasteiger partial charge < -0.3 is 15.0 Å². The Bertz CT molecular complexity index is 1420. The summed E-state index contributed by atoms with van der Waals surface area (Å²) in [4.78, 5) is 28.9. The van der Waals surface area contributed by atoms with E-state index in [0.717, 1.165) is 32.1 Å². The van der Waals surface area contributed by atoms with Gasteiger partial charge in [0.15, 0.2) is 6.61 Å². The lowest BCUT2D eigenvalue weighted by Gasteiger charge is -2.40. The van der Waals surface area contributed by atoms with Crippen molar-refractivity contribution in [2.45, 2.75) is 41.6 Å². The van der Waals surface area contributed by atoms with Crippen molar-refractivity contribution in [3.8, 4) is 5.75 Å². The molecule has 2 saturated carbocycles. The standard InChI is InChI=1S/C26H22BrF3N2O3S2/c27-15-6-7-18(35-11-19(33)31-16-3-1-2-14(9-16)26(28,29)30)17(10-15)21-20-12-4-5-13(8-12)22(20)36-24-23(21)37-25(34)32-24/h1-3,6-7,9-10,12-13,20-22H,4-5,8,11H2,(H,31,33)(H,32,34)/t12?,13?,20?,21-,22?/m1/s1. The monoisotopic (exact) mass is 610 g/mol. The van der Waals surface area contributed by atoms with E-state index in [1.165, 1.54) is 42.7 Å². The number of benzene rings is 2. The Labute approximate surface area is 227 Å². The largest absolute Gasteiger partial charge is 0.483 e. The minimum absolute atomic E-state index is 0.0282. The second kappa shape index (κ2) is 9.50. The van der Waals surface area contributed by atoms with Crippen LogP contribution in [-0.2, 0) is 11.0 Å². The number of ether oxygens (including phenoxy) is 1. The van der Waals surface area contributed by atoms with Crippen LogP contribution in [0.5, 0.6) is 5.75 Å². The third kappa shape index (κ3) is 4.74. The third-order valence-electron chi connectivity index (χ3n) is 7.60. The number of alkyl halides is 3. The molecule has 11 heteroatoms. The van der Waals surface area contributed by atoms with Crippen molar-refractivity contribution < 1.29 is 22.7 Å². The SMILES string of the molecule is O=C(COc1ccc(Br)cc1[C@H]1c2sc(=O)[nH]c2SC2C3CCC(C3)C21)Nc1cccc(C(F)(F)F)c1. The van der Waals surface area contributed by atoms with Gasteiger partial charge in [0.25, 0.3) is 5.91 Å². The Kier molecular flexibility index (Phi) is 6.43. The number of H-pyrrole nitrogens is 1. The molecule has 0 saturated heterocycles. The minimum atomic E-state index is -4.50. The molecule has 2 aliphatic carbocycles. The number of rotatable bonds is 5. The number of hydrogen-bond acceptors (Lipinski definition) is 5. The van der Waals surface area contributed by atoms with E-state index in [1.54, 1.807) is 17.8 Å². The van der Waals surface area contributed by atoms with E-state index in [-0.39, 0.29) is 23.1 Å². The zero-order chi connectivity index (χ0) is 25.9. The molecule has 4 unspecified atom stereocenters. The second-order valence-electron chi connectivity index (χ2n) is 9.78. The van der Waals surface area contributed by atoms with Gasteiger partial charge in [0, 0.05) is 31.8 Å². The van der Waals surface area contributed by atoms with Gasteiger partial charge in [-0.05, 0) is 73.4 Å². The van der Waals surface area contributed by atoms with Crippen LogP contribution in [0.2, 0.25) is 0 Å². The first kappa shape index (κ1) is 25.1. The third-order valence-corrected chi connectivity index (χ3v) is 10.7. The van der Waals surface area contributed by atoms with Gasteiger partial charge >= 0.3 is 11.0 Å². The first-order chi connectivity index (χ1) is 17.7. The van der Waals surface area contributed by atoms with E-state index >= 15 is 0 Å². The molecule has 1 amide bonds. The number of aromatic amines is 1. The normalized spacial score (nSPS) is 26.0. The number of thiazole rings is 1. The summed E-state index contributed by atoms with van der Waals surface area (Å²) in [6.45, 7) is -0.358. The molecule has 5 nitrogen and oxygen atoms in total. The number of nitrogens with one attached hydrogen (secondary N) is 2. The first-order valence-corrected chi connectivity index (χ1v) is 14.5. The van der Waals surface area contributed by atoms with E-state index in [1.807, 2.05) is 12.1 Å². The maximum absolute atomic E-state index is 13.0. The molecule has 6 rings (SSSR count). The number of aromatic nitrogens is 1. The predicted molar refractivity (Wildman–Crippen MR) is 140 cm³/mol. The fourth-order valence-electron chi connectivity index (χ4n) is 6.21. The molecule has 0 spiro atoms. The molecule has 2 bridgehead atoms. The van der Waals surface area contributed by atoms with Crippen molar-refractivity contribution in [1.29, 1.82) is 0 Å². The summed E-state index contributed by atoms with van der Waals surface area (Å²) in [7, 11) is 0. The molecule has 5 atom stereocenters. The molecular formula is C26H22BrF3N2O3S2. The van der Waals surface area contributed by atoms with Gasteiger partial charge in [-0.1, -0.05) is 33.3 Å². The molecule has 2 N–H and O–H groups in total. The van der Waals surface area contributed by atoms with Crippen LogP contribution in [0.4, 0.5) is 18.9 Å². The summed E-state index contributed by atoms with van der Waals surface area (Å²) in [6.07, 6.45) is -0.906. The number of carbonyl (C=O) groups is 1. The molecule has 3 aromatic rings. The fraction of sp³-hybridized carbons (Fsp3) is 0.385. The molecule has 0 radical (unpaired) electrons. The smallest absolute Gasteiger partial charge is 0.416 e. The van der Waals surface area contributed by atoms with E-state index in [0.29, 0.717) is 28.8 Å².